The number of rotatable bonds is 6. The second-order valence-corrected chi connectivity index (χ2v) is 35.1. The Kier molecular flexibility index (Phi) is 9.45. The maximum atomic E-state index is 7.07. The first kappa shape index (κ1) is 36.1. The van der Waals surface area contributed by atoms with Crippen molar-refractivity contribution in [3.05, 3.63) is 161 Å². The summed E-state index contributed by atoms with van der Waals surface area (Å²) in [5, 5.41) is 0. The Labute approximate surface area is 340 Å². The van der Waals surface area contributed by atoms with Crippen LogP contribution in [-0.4, -0.2) is 9.77 Å². The summed E-state index contributed by atoms with van der Waals surface area (Å²) in [6, 6.07) is 38.8. The van der Waals surface area contributed by atoms with Gasteiger partial charge in [0, 0.05) is 0 Å². The van der Waals surface area contributed by atoms with Crippen LogP contribution in [0.25, 0.3) is 45.6 Å². The van der Waals surface area contributed by atoms with Gasteiger partial charge in [0.2, 0.25) is 0 Å². The van der Waals surface area contributed by atoms with Gasteiger partial charge in [0.1, 0.15) is 0 Å². The van der Waals surface area contributed by atoms with E-state index in [0.29, 0.717) is 7.25 Å². The fraction of sp³-hybridized carbons (Fsp3) is 0.234. The van der Waals surface area contributed by atoms with Crippen molar-refractivity contribution >= 4 is 74.6 Å². The summed E-state index contributed by atoms with van der Waals surface area (Å²) in [6.45, 7) is 13.8. The number of thiophene rings is 2. The third-order valence-electron chi connectivity index (χ3n) is 11.8. The first-order valence-electron chi connectivity index (χ1n) is 18.5. The quantitative estimate of drug-likeness (QED) is 0.116. The van der Waals surface area contributed by atoms with Crippen LogP contribution in [0.3, 0.4) is 0 Å². The van der Waals surface area contributed by atoms with E-state index in [1.54, 1.807) is 22.3 Å². The van der Waals surface area contributed by atoms with E-state index < -0.39 is 30.1 Å². The maximum absolute atomic E-state index is 7.07. The molecule has 2 aliphatic carbocycles. The summed E-state index contributed by atoms with van der Waals surface area (Å²) in [7, 11) is 0. The van der Waals surface area contributed by atoms with Gasteiger partial charge < -0.3 is 0 Å². The van der Waals surface area contributed by atoms with Crippen LogP contribution < -0.4 is 0 Å². The Morgan fingerprint density at radius 2 is 1.00 bits per heavy atom. The second kappa shape index (κ2) is 13.9. The predicted octanol–water partition coefficient (Wildman–Crippen LogP) is 14.7. The molecule has 4 aromatic carbocycles. The first-order valence-corrected chi connectivity index (χ1v) is 29.4. The van der Waals surface area contributed by atoms with E-state index >= 15 is 0 Å². The number of allylic oxidation sites excluding steroid dienone is 2. The molecule has 1 fully saturated rings. The SMILES string of the molecule is Cc1ccc(C2=Cc3c(cc(C)c(C)c3-c3ccccc3)[CH]2[Zr]([CH]2C(c3ccc(C)s3)=Cc3c2cc(C)c(C)c3-c2ccccc2)=[Si]2CC(Cl)(Cl)C2)s1. The third-order valence-corrected chi connectivity index (χ3v) is 36.4. The summed E-state index contributed by atoms with van der Waals surface area (Å²) in [5.41, 5.74) is 19.2. The topological polar surface area (TPSA) is 0 Å². The molecule has 3 heterocycles. The normalized spacial score (nSPS) is 18.4. The molecule has 0 saturated carbocycles. The number of hydrogen-bond acceptors (Lipinski definition) is 2. The monoisotopic (exact) mass is 858 g/mol. The Balaban J connectivity index is 1.37. The first-order chi connectivity index (χ1) is 25.5. The molecule has 6 heteroatoms. The summed E-state index contributed by atoms with van der Waals surface area (Å²) < 4.78 is 0.215. The predicted molar refractivity (Wildman–Crippen MR) is 232 cm³/mol. The van der Waals surface area contributed by atoms with Gasteiger partial charge >= 0.3 is 344 Å². The van der Waals surface area contributed by atoms with Crippen molar-refractivity contribution < 1.29 is 20.4 Å². The standard InChI is InChI=1S/2C22H19S.C3H4Cl2Si.Zr/c2*1-14-11-18-12-19(21-10-9-15(2)23-21)13-20(18)22(16(14)3)17-7-5-4-6-8-17;4-3(5)1-6-2-3;/h2*4-13H,1-3H3;1-2H2;. The van der Waals surface area contributed by atoms with Gasteiger partial charge in [0.25, 0.3) is 0 Å². The Morgan fingerprint density at radius 3 is 1.36 bits per heavy atom. The molecule has 6 aromatic rings. The Bertz CT molecular complexity index is 2380. The minimum absolute atomic E-state index is 0.410. The van der Waals surface area contributed by atoms with Crippen molar-refractivity contribution in [1.29, 1.82) is 0 Å². The van der Waals surface area contributed by atoms with Crippen molar-refractivity contribution in [2.75, 3.05) is 0 Å². The molecule has 0 bridgehead atoms. The number of fused-ring (bicyclic) bond motifs is 2. The summed E-state index contributed by atoms with van der Waals surface area (Å²) in [5.74, 6) is 0. The second-order valence-electron chi connectivity index (χ2n) is 15.3. The van der Waals surface area contributed by atoms with Crippen molar-refractivity contribution in [1.82, 2.24) is 0 Å². The fourth-order valence-corrected chi connectivity index (χ4v) is 42.7. The number of alkyl halides is 2. The van der Waals surface area contributed by atoms with Crippen LogP contribution in [-0.2, 0) is 20.4 Å². The van der Waals surface area contributed by atoms with Gasteiger partial charge in [-0.1, -0.05) is 0 Å². The number of hydrogen-bond donors (Lipinski definition) is 0. The molecule has 2 unspecified atom stereocenters. The van der Waals surface area contributed by atoms with E-state index in [0.717, 1.165) is 12.1 Å². The number of aryl methyl sites for hydroxylation is 4. The average molecular weight is 861 g/mol. The molecule has 3 aliphatic rings. The molecule has 2 atom stereocenters. The molecule has 0 N–H and O–H groups in total. The van der Waals surface area contributed by atoms with Crippen LogP contribution in [0.1, 0.15) is 71.3 Å². The van der Waals surface area contributed by atoms with Crippen molar-refractivity contribution in [3.63, 3.8) is 0 Å². The van der Waals surface area contributed by atoms with E-state index in [4.69, 9.17) is 23.2 Å². The van der Waals surface area contributed by atoms with Gasteiger partial charge in [-0.05, 0) is 0 Å². The minimum atomic E-state index is -2.73. The van der Waals surface area contributed by atoms with Crippen LogP contribution in [0.5, 0.6) is 0 Å². The number of benzene rings is 4. The molecule has 9 rings (SSSR count). The molecule has 0 amide bonds. The Hall–Kier alpha value is -2.56. The van der Waals surface area contributed by atoms with Crippen molar-refractivity contribution in [2.45, 2.75) is 65.2 Å². The zero-order chi connectivity index (χ0) is 36.8. The average Bonchev–Trinajstić information content (AvgIpc) is 3.92. The van der Waals surface area contributed by atoms with E-state index in [-0.39, 0.29) is 0 Å². The van der Waals surface area contributed by atoms with Crippen LogP contribution in [0.2, 0.25) is 12.1 Å². The zero-order valence-electron chi connectivity index (χ0n) is 31.0. The fourth-order valence-electron chi connectivity index (χ4n) is 9.11. The van der Waals surface area contributed by atoms with Crippen LogP contribution in [0.4, 0.5) is 0 Å². The molecule has 1 aliphatic heterocycles. The molecule has 53 heavy (non-hydrogen) atoms. The van der Waals surface area contributed by atoms with E-state index in [2.05, 4.69) is 151 Å². The molecular formula is C47H42Cl2S2SiZr. The molecule has 2 aromatic heterocycles. The van der Waals surface area contributed by atoms with E-state index in [1.807, 2.05) is 22.7 Å². The van der Waals surface area contributed by atoms with Gasteiger partial charge in [-0.2, -0.15) is 0 Å². The van der Waals surface area contributed by atoms with Crippen molar-refractivity contribution in [2.24, 2.45) is 0 Å². The van der Waals surface area contributed by atoms with Gasteiger partial charge in [0.15, 0.2) is 0 Å². The zero-order valence-corrected chi connectivity index (χ0v) is 37.6. The molecule has 0 radical (unpaired) electrons. The summed E-state index contributed by atoms with van der Waals surface area (Å²) in [6.07, 6.45) is 5.25. The molecular weight excluding hydrogens is 819 g/mol. The molecule has 1 saturated heterocycles. The summed E-state index contributed by atoms with van der Waals surface area (Å²) >= 11 is 15.3. The van der Waals surface area contributed by atoms with Gasteiger partial charge in [-0.25, -0.2) is 0 Å². The van der Waals surface area contributed by atoms with E-state index in [9.17, 15) is 0 Å². The van der Waals surface area contributed by atoms with Crippen LogP contribution in [0, 0.1) is 41.5 Å². The Morgan fingerprint density at radius 1 is 0.585 bits per heavy atom. The summed E-state index contributed by atoms with van der Waals surface area (Å²) in [4.78, 5) is 5.60. The van der Waals surface area contributed by atoms with Crippen molar-refractivity contribution in [3.8, 4) is 22.3 Å². The molecule has 0 spiro atoms. The van der Waals surface area contributed by atoms with E-state index in [1.165, 1.54) is 75.1 Å². The number of halogens is 2. The third kappa shape index (κ3) is 6.25. The van der Waals surface area contributed by atoms with Crippen LogP contribution >= 0.6 is 45.9 Å². The van der Waals surface area contributed by atoms with Gasteiger partial charge in [0.05, 0.1) is 0 Å². The van der Waals surface area contributed by atoms with Gasteiger partial charge in [-0.15, -0.1) is 0 Å². The van der Waals surface area contributed by atoms with Gasteiger partial charge in [-0.3, -0.25) is 0 Å². The van der Waals surface area contributed by atoms with Crippen LogP contribution in [0.15, 0.2) is 97.1 Å². The molecule has 264 valence electrons. The molecule has 0 nitrogen and oxygen atoms in total.